The van der Waals surface area contributed by atoms with Crippen LogP contribution in [0.5, 0.6) is 0 Å². The van der Waals surface area contributed by atoms with Gasteiger partial charge in [-0.05, 0) is 37.6 Å². The number of nitro benzene ring substituents is 1. The van der Waals surface area contributed by atoms with Gasteiger partial charge in [-0.1, -0.05) is 29.8 Å². The van der Waals surface area contributed by atoms with E-state index < -0.39 is 16.8 Å². The lowest BCUT2D eigenvalue weighted by Crippen LogP contribution is -2.24. The first kappa shape index (κ1) is 19.0. The van der Waals surface area contributed by atoms with Crippen molar-refractivity contribution in [2.75, 3.05) is 12.0 Å². The third-order valence-electron chi connectivity index (χ3n) is 4.46. The van der Waals surface area contributed by atoms with Crippen molar-refractivity contribution < 1.29 is 19.2 Å². The standard InChI is InChI=1S/C21H18N2O5/c1-13-5-4-6-15(11-13)12-18-19(21(25)28-3)14(2)22(20(18)24)16-7-9-17(10-8-16)23(26)27/h4-12H,1-3H3. The van der Waals surface area contributed by atoms with E-state index in [9.17, 15) is 19.7 Å². The molecule has 0 saturated heterocycles. The molecule has 0 N–H and O–H groups in total. The Morgan fingerprint density at radius 3 is 2.39 bits per heavy atom. The predicted molar refractivity (Wildman–Crippen MR) is 104 cm³/mol. The number of non-ortho nitro benzene ring substituents is 1. The van der Waals surface area contributed by atoms with Crippen LogP contribution in [0, 0.1) is 17.0 Å². The Morgan fingerprint density at radius 2 is 1.82 bits per heavy atom. The molecule has 0 fully saturated rings. The zero-order valence-electron chi connectivity index (χ0n) is 15.6. The lowest BCUT2D eigenvalue weighted by molar-refractivity contribution is -0.384. The smallest absolute Gasteiger partial charge is 0.340 e. The van der Waals surface area contributed by atoms with Crippen molar-refractivity contribution in [2.24, 2.45) is 0 Å². The molecule has 7 nitrogen and oxygen atoms in total. The number of aryl methyl sites for hydroxylation is 1. The first-order valence-electron chi connectivity index (χ1n) is 8.50. The van der Waals surface area contributed by atoms with Crippen LogP contribution >= 0.6 is 0 Å². The molecule has 1 aliphatic heterocycles. The number of anilines is 1. The van der Waals surface area contributed by atoms with E-state index in [-0.39, 0.29) is 16.8 Å². The molecule has 0 spiro atoms. The van der Waals surface area contributed by atoms with Crippen molar-refractivity contribution in [1.29, 1.82) is 0 Å². The summed E-state index contributed by atoms with van der Waals surface area (Å²) in [5, 5.41) is 10.9. The van der Waals surface area contributed by atoms with Crippen molar-refractivity contribution in [2.45, 2.75) is 13.8 Å². The zero-order valence-corrected chi connectivity index (χ0v) is 15.6. The van der Waals surface area contributed by atoms with Crippen LogP contribution in [-0.4, -0.2) is 23.9 Å². The number of nitro groups is 1. The molecule has 1 aliphatic rings. The average molecular weight is 378 g/mol. The second kappa shape index (κ2) is 7.48. The maximum Gasteiger partial charge on any atom is 0.340 e. The topological polar surface area (TPSA) is 89.8 Å². The van der Waals surface area contributed by atoms with Crippen molar-refractivity contribution in [3.63, 3.8) is 0 Å². The van der Waals surface area contributed by atoms with Crippen LogP contribution in [0.3, 0.4) is 0 Å². The van der Waals surface area contributed by atoms with Gasteiger partial charge in [0.1, 0.15) is 0 Å². The molecule has 0 saturated carbocycles. The number of amides is 1. The van der Waals surface area contributed by atoms with Gasteiger partial charge in [-0.25, -0.2) is 4.79 Å². The molecule has 0 aromatic heterocycles. The van der Waals surface area contributed by atoms with E-state index in [1.807, 2.05) is 31.2 Å². The Labute approximate surface area is 161 Å². The molecular weight excluding hydrogens is 360 g/mol. The van der Waals surface area contributed by atoms with Gasteiger partial charge in [0.25, 0.3) is 11.6 Å². The number of carbonyl (C=O) groups excluding carboxylic acids is 2. The average Bonchev–Trinajstić information content (AvgIpc) is 2.91. The monoisotopic (exact) mass is 378 g/mol. The molecule has 3 rings (SSSR count). The highest BCUT2D eigenvalue weighted by Crippen LogP contribution is 2.36. The maximum atomic E-state index is 13.1. The highest BCUT2D eigenvalue weighted by atomic mass is 16.6. The normalized spacial score (nSPS) is 15.3. The van der Waals surface area contributed by atoms with Crippen molar-refractivity contribution in [3.8, 4) is 0 Å². The van der Waals surface area contributed by atoms with E-state index in [1.54, 1.807) is 13.0 Å². The Kier molecular flexibility index (Phi) is 5.08. The molecule has 0 radical (unpaired) electrons. The van der Waals surface area contributed by atoms with Crippen molar-refractivity contribution in [1.82, 2.24) is 0 Å². The zero-order chi connectivity index (χ0) is 20.4. The summed E-state index contributed by atoms with van der Waals surface area (Å²) < 4.78 is 4.87. The first-order valence-corrected chi connectivity index (χ1v) is 8.50. The summed E-state index contributed by atoms with van der Waals surface area (Å²) in [6.07, 6.45) is 1.65. The van der Waals surface area contributed by atoms with Gasteiger partial charge in [0.05, 0.1) is 23.2 Å². The fraction of sp³-hybridized carbons (Fsp3) is 0.143. The fourth-order valence-corrected chi connectivity index (χ4v) is 3.14. The number of hydrogen-bond acceptors (Lipinski definition) is 5. The van der Waals surface area contributed by atoms with Crippen LogP contribution in [0.2, 0.25) is 0 Å². The van der Waals surface area contributed by atoms with Crippen molar-refractivity contribution >= 4 is 29.3 Å². The molecular formula is C21H18N2O5. The van der Waals surface area contributed by atoms with Gasteiger partial charge in [-0.3, -0.25) is 19.8 Å². The van der Waals surface area contributed by atoms with E-state index in [1.165, 1.54) is 36.3 Å². The summed E-state index contributed by atoms with van der Waals surface area (Å²) in [6, 6.07) is 13.1. The number of esters is 1. The van der Waals surface area contributed by atoms with Crippen molar-refractivity contribution in [3.05, 3.63) is 86.6 Å². The maximum absolute atomic E-state index is 13.1. The molecule has 142 valence electrons. The summed E-state index contributed by atoms with van der Waals surface area (Å²) in [7, 11) is 1.26. The molecule has 28 heavy (non-hydrogen) atoms. The van der Waals surface area contributed by atoms with Crippen LogP contribution < -0.4 is 4.90 Å². The highest BCUT2D eigenvalue weighted by molar-refractivity contribution is 6.23. The summed E-state index contributed by atoms with van der Waals surface area (Å²) in [5.74, 6) is -1.01. The van der Waals surface area contributed by atoms with Crippen LogP contribution in [0.15, 0.2) is 65.4 Å². The van der Waals surface area contributed by atoms with Gasteiger partial charge in [-0.2, -0.15) is 0 Å². The van der Waals surface area contributed by atoms with Crippen LogP contribution in [0.4, 0.5) is 11.4 Å². The van der Waals surface area contributed by atoms with Crippen LogP contribution in [0.25, 0.3) is 6.08 Å². The SMILES string of the molecule is COC(=O)C1=C(C)N(c2ccc([N+](=O)[O-])cc2)C(=O)C1=Cc1cccc(C)c1. The number of carbonyl (C=O) groups is 2. The molecule has 2 aromatic rings. The molecule has 2 aromatic carbocycles. The summed E-state index contributed by atoms with van der Waals surface area (Å²) in [4.78, 5) is 37.2. The largest absolute Gasteiger partial charge is 0.465 e. The van der Waals surface area contributed by atoms with E-state index in [4.69, 9.17) is 4.74 Å². The Morgan fingerprint density at radius 1 is 1.14 bits per heavy atom. The minimum atomic E-state index is -0.617. The Balaban J connectivity index is 2.11. The number of benzene rings is 2. The minimum absolute atomic E-state index is 0.0826. The van der Waals surface area contributed by atoms with Gasteiger partial charge in [0.2, 0.25) is 0 Å². The molecule has 1 heterocycles. The fourth-order valence-electron chi connectivity index (χ4n) is 3.14. The second-order valence-electron chi connectivity index (χ2n) is 6.34. The van der Waals surface area contributed by atoms with Gasteiger partial charge < -0.3 is 4.74 Å². The molecule has 1 amide bonds. The molecule has 0 atom stereocenters. The first-order chi connectivity index (χ1) is 13.3. The molecule has 0 aliphatic carbocycles. The Bertz CT molecular complexity index is 1040. The van der Waals surface area contributed by atoms with Gasteiger partial charge in [-0.15, -0.1) is 0 Å². The number of hydrogen-bond donors (Lipinski definition) is 0. The molecule has 0 bridgehead atoms. The number of rotatable bonds is 4. The van der Waals surface area contributed by atoms with E-state index in [0.29, 0.717) is 11.4 Å². The number of nitrogens with zero attached hydrogens (tertiary/aromatic N) is 2. The predicted octanol–water partition coefficient (Wildman–Crippen LogP) is 3.78. The third-order valence-corrected chi connectivity index (χ3v) is 4.46. The van der Waals surface area contributed by atoms with Gasteiger partial charge in [0.15, 0.2) is 0 Å². The quantitative estimate of drug-likeness (QED) is 0.350. The van der Waals surface area contributed by atoms with E-state index in [2.05, 4.69) is 0 Å². The van der Waals surface area contributed by atoms with E-state index >= 15 is 0 Å². The van der Waals surface area contributed by atoms with Crippen LogP contribution in [0.1, 0.15) is 18.1 Å². The second-order valence-corrected chi connectivity index (χ2v) is 6.34. The lowest BCUT2D eigenvalue weighted by atomic mass is 10.0. The highest BCUT2D eigenvalue weighted by Gasteiger charge is 2.38. The van der Waals surface area contributed by atoms with Crippen LogP contribution in [-0.2, 0) is 14.3 Å². The number of allylic oxidation sites excluding steroid dienone is 1. The molecule has 7 heteroatoms. The summed E-state index contributed by atoms with van der Waals surface area (Å²) in [6.45, 7) is 3.58. The number of methoxy groups -OCH3 is 1. The van der Waals surface area contributed by atoms with Gasteiger partial charge in [0, 0.05) is 23.5 Å². The minimum Gasteiger partial charge on any atom is -0.465 e. The summed E-state index contributed by atoms with van der Waals surface area (Å²) >= 11 is 0. The third kappa shape index (κ3) is 3.42. The Hall–Kier alpha value is -3.74. The number of ether oxygens (including phenoxy) is 1. The summed E-state index contributed by atoms with van der Waals surface area (Å²) in [5.41, 5.74) is 2.95. The molecule has 0 unspecified atom stereocenters. The van der Waals surface area contributed by atoms with Gasteiger partial charge >= 0.3 is 5.97 Å². The van der Waals surface area contributed by atoms with E-state index in [0.717, 1.165) is 11.1 Å². The lowest BCUT2D eigenvalue weighted by Gasteiger charge is -2.17.